The number of hydrogen-bond donors (Lipinski definition) is 1. The first-order chi connectivity index (χ1) is 8.95. The van der Waals surface area contributed by atoms with Crippen LogP contribution < -0.4 is 10.6 Å². The number of anilines is 2. The molecule has 0 bridgehead atoms. The molecule has 2 N–H and O–H groups in total. The van der Waals surface area contributed by atoms with Gasteiger partial charge in [-0.15, -0.1) is 0 Å². The zero-order valence-corrected chi connectivity index (χ0v) is 11.0. The van der Waals surface area contributed by atoms with E-state index >= 15 is 0 Å². The van der Waals surface area contributed by atoms with E-state index in [1.165, 1.54) is 12.1 Å². The van der Waals surface area contributed by atoms with Crippen molar-refractivity contribution in [2.24, 2.45) is 0 Å². The summed E-state index contributed by atoms with van der Waals surface area (Å²) < 4.78 is 4.82. The van der Waals surface area contributed by atoms with Gasteiger partial charge in [-0.1, -0.05) is 0 Å². The van der Waals surface area contributed by atoms with E-state index in [2.05, 4.69) is 0 Å². The van der Waals surface area contributed by atoms with Crippen LogP contribution in [0.1, 0.15) is 13.3 Å². The lowest BCUT2D eigenvalue weighted by molar-refractivity contribution is -0.383. The number of nitrogens with zero attached hydrogens (tertiary/aromatic N) is 2. The van der Waals surface area contributed by atoms with Crippen LogP contribution in [-0.4, -0.2) is 31.1 Å². The molecule has 0 fully saturated rings. The largest absolute Gasteiger partial charge is 0.466 e. The van der Waals surface area contributed by atoms with Gasteiger partial charge in [0.15, 0.2) is 0 Å². The van der Waals surface area contributed by atoms with Gasteiger partial charge in [-0.3, -0.25) is 14.9 Å². The molecule has 0 saturated heterocycles. The maximum Gasteiger partial charge on any atom is 0.307 e. The van der Waals surface area contributed by atoms with Crippen LogP contribution in [0.2, 0.25) is 0 Å². The fraction of sp³-hybridized carbons (Fsp3) is 0.417. The number of hydrogen-bond acceptors (Lipinski definition) is 6. The van der Waals surface area contributed by atoms with Crippen LogP contribution in [0.25, 0.3) is 0 Å². The predicted octanol–water partition coefficient (Wildman–Crippen LogP) is 1.57. The molecule has 0 aliphatic carbocycles. The quantitative estimate of drug-likeness (QED) is 0.363. The van der Waals surface area contributed by atoms with Gasteiger partial charge in [0.2, 0.25) is 0 Å². The van der Waals surface area contributed by atoms with Gasteiger partial charge in [0.1, 0.15) is 5.69 Å². The summed E-state index contributed by atoms with van der Waals surface area (Å²) in [5.41, 5.74) is 6.30. The van der Waals surface area contributed by atoms with Crippen molar-refractivity contribution in [3.8, 4) is 0 Å². The van der Waals surface area contributed by atoms with Crippen molar-refractivity contribution in [2.45, 2.75) is 13.3 Å². The maximum atomic E-state index is 11.2. The Morgan fingerprint density at radius 2 is 2.21 bits per heavy atom. The number of rotatable bonds is 6. The zero-order valence-electron chi connectivity index (χ0n) is 11.0. The average Bonchev–Trinajstić information content (AvgIpc) is 2.35. The zero-order chi connectivity index (χ0) is 14.4. The molecular formula is C12H17N3O4. The van der Waals surface area contributed by atoms with Gasteiger partial charge in [0.05, 0.1) is 18.0 Å². The fourth-order valence-electron chi connectivity index (χ4n) is 1.57. The molecule has 0 unspecified atom stereocenters. The van der Waals surface area contributed by atoms with E-state index in [1.54, 1.807) is 24.9 Å². The molecule has 1 rings (SSSR count). The summed E-state index contributed by atoms with van der Waals surface area (Å²) in [5.74, 6) is -0.274. The first-order valence-corrected chi connectivity index (χ1v) is 5.86. The summed E-state index contributed by atoms with van der Waals surface area (Å²) in [4.78, 5) is 23.1. The predicted molar refractivity (Wildman–Crippen MR) is 72.0 cm³/mol. The minimum atomic E-state index is -0.530. The molecule has 0 atom stereocenters. The Hall–Kier alpha value is -2.31. The third kappa shape index (κ3) is 4.13. The number of esters is 1. The van der Waals surface area contributed by atoms with E-state index in [-0.39, 0.29) is 23.8 Å². The Kier molecular flexibility index (Phi) is 5.11. The number of nitro benzene ring substituents is 1. The molecule has 7 heteroatoms. The molecule has 0 heterocycles. The van der Waals surface area contributed by atoms with Gasteiger partial charge in [0.25, 0.3) is 5.69 Å². The minimum absolute atomic E-state index is 0.102. The average molecular weight is 267 g/mol. The minimum Gasteiger partial charge on any atom is -0.466 e. The second kappa shape index (κ2) is 6.58. The first kappa shape index (κ1) is 14.7. The lowest BCUT2D eigenvalue weighted by Gasteiger charge is -2.19. The molecule has 104 valence electrons. The van der Waals surface area contributed by atoms with Gasteiger partial charge < -0.3 is 15.4 Å². The van der Waals surface area contributed by atoms with Crippen molar-refractivity contribution in [1.29, 1.82) is 0 Å². The van der Waals surface area contributed by atoms with Gasteiger partial charge in [-0.05, 0) is 19.1 Å². The van der Waals surface area contributed by atoms with E-state index < -0.39 is 4.92 Å². The molecule has 7 nitrogen and oxygen atoms in total. The molecule has 0 aliphatic heterocycles. The molecule has 0 aromatic heterocycles. The van der Waals surface area contributed by atoms with Crippen molar-refractivity contribution < 1.29 is 14.5 Å². The number of carbonyl (C=O) groups excluding carboxylic acids is 1. The Morgan fingerprint density at radius 3 is 2.74 bits per heavy atom. The Bertz CT molecular complexity index is 476. The lowest BCUT2D eigenvalue weighted by Crippen LogP contribution is -2.22. The molecule has 0 aliphatic rings. The molecule has 0 radical (unpaired) electrons. The highest BCUT2D eigenvalue weighted by atomic mass is 16.6. The Morgan fingerprint density at radius 1 is 1.53 bits per heavy atom. The number of nitro groups is 1. The molecule has 0 saturated carbocycles. The van der Waals surface area contributed by atoms with Crippen molar-refractivity contribution in [2.75, 3.05) is 30.8 Å². The Labute approximate surface area is 111 Å². The standard InChI is InChI=1S/C12H17N3O4/c1-3-19-12(16)6-7-14(2)9-4-5-11(15(17)18)10(13)8-9/h4-5,8H,3,6-7,13H2,1-2H3. The van der Waals surface area contributed by atoms with E-state index in [0.29, 0.717) is 18.8 Å². The molecule has 1 aromatic carbocycles. The van der Waals surface area contributed by atoms with E-state index in [9.17, 15) is 14.9 Å². The smallest absolute Gasteiger partial charge is 0.307 e. The van der Waals surface area contributed by atoms with Crippen molar-refractivity contribution in [3.63, 3.8) is 0 Å². The summed E-state index contributed by atoms with van der Waals surface area (Å²) in [6.07, 6.45) is 0.251. The highest BCUT2D eigenvalue weighted by Gasteiger charge is 2.13. The van der Waals surface area contributed by atoms with Crippen LogP contribution in [0.3, 0.4) is 0 Å². The maximum absolute atomic E-state index is 11.2. The third-order valence-corrected chi connectivity index (χ3v) is 2.61. The van der Waals surface area contributed by atoms with Crippen LogP contribution in [0, 0.1) is 10.1 Å². The lowest BCUT2D eigenvalue weighted by atomic mass is 10.2. The van der Waals surface area contributed by atoms with Crippen LogP contribution in [0.15, 0.2) is 18.2 Å². The molecular weight excluding hydrogens is 250 g/mol. The summed E-state index contributed by atoms with van der Waals surface area (Å²) >= 11 is 0. The molecule has 1 aromatic rings. The topological polar surface area (TPSA) is 98.7 Å². The van der Waals surface area contributed by atoms with E-state index in [1.807, 2.05) is 0 Å². The second-order valence-corrected chi connectivity index (χ2v) is 3.98. The summed E-state index contributed by atoms with van der Waals surface area (Å²) in [5, 5.41) is 10.6. The van der Waals surface area contributed by atoms with Crippen LogP contribution >= 0.6 is 0 Å². The number of nitrogens with two attached hydrogens (primary N) is 1. The van der Waals surface area contributed by atoms with Crippen LogP contribution in [0.4, 0.5) is 17.1 Å². The number of nitrogen functional groups attached to an aromatic ring is 1. The van der Waals surface area contributed by atoms with Gasteiger partial charge in [-0.2, -0.15) is 0 Å². The number of ether oxygens (including phenoxy) is 1. The van der Waals surface area contributed by atoms with Gasteiger partial charge in [0, 0.05) is 25.3 Å². The SMILES string of the molecule is CCOC(=O)CCN(C)c1ccc([N+](=O)[O-])c(N)c1. The van der Waals surface area contributed by atoms with Gasteiger partial charge >= 0.3 is 5.97 Å². The van der Waals surface area contributed by atoms with Gasteiger partial charge in [-0.25, -0.2) is 0 Å². The monoisotopic (exact) mass is 267 g/mol. The normalized spacial score (nSPS) is 10.0. The highest BCUT2D eigenvalue weighted by Crippen LogP contribution is 2.26. The summed E-state index contributed by atoms with van der Waals surface area (Å²) in [7, 11) is 1.78. The Balaban J connectivity index is 2.67. The molecule has 0 spiro atoms. The first-order valence-electron chi connectivity index (χ1n) is 5.86. The summed E-state index contributed by atoms with van der Waals surface area (Å²) in [6.45, 7) is 2.56. The van der Waals surface area contributed by atoms with Crippen molar-refractivity contribution in [3.05, 3.63) is 28.3 Å². The number of benzene rings is 1. The third-order valence-electron chi connectivity index (χ3n) is 2.61. The van der Waals surface area contributed by atoms with Crippen molar-refractivity contribution in [1.82, 2.24) is 0 Å². The highest BCUT2D eigenvalue weighted by molar-refractivity contribution is 5.71. The van der Waals surface area contributed by atoms with Crippen molar-refractivity contribution >= 4 is 23.0 Å². The van der Waals surface area contributed by atoms with E-state index in [4.69, 9.17) is 10.5 Å². The summed E-state index contributed by atoms with van der Waals surface area (Å²) in [6, 6.07) is 4.47. The van der Waals surface area contributed by atoms with Crippen LogP contribution in [0.5, 0.6) is 0 Å². The molecule has 0 amide bonds. The number of carbonyl (C=O) groups is 1. The second-order valence-electron chi connectivity index (χ2n) is 3.98. The van der Waals surface area contributed by atoms with E-state index in [0.717, 1.165) is 0 Å². The van der Waals surface area contributed by atoms with Crippen LogP contribution in [-0.2, 0) is 9.53 Å². The fourth-order valence-corrected chi connectivity index (χ4v) is 1.57. The molecule has 19 heavy (non-hydrogen) atoms.